The molecule has 0 aliphatic carbocycles. The quantitative estimate of drug-likeness (QED) is 0.736. The number of hydrogen-bond acceptors (Lipinski definition) is 5. The Morgan fingerprint density at radius 1 is 1.48 bits per heavy atom. The molecule has 0 aliphatic rings. The van der Waals surface area contributed by atoms with Gasteiger partial charge in [0.25, 0.3) is 0 Å². The molecule has 1 unspecified atom stereocenters. The number of likely N-dealkylation sites (N-methyl/N-ethyl adjacent to an activating group) is 1. The standard InChI is InChI=1S/C14H22N4O2S/c1-4-11(2)18(3)8-7-17-21(19,20)14-6-5-13(16)9-12(14)10-15/h5-6,9,11,17H,4,7-8,16H2,1-3H3. The zero-order valence-corrected chi connectivity index (χ0v) is 13.4. The van der Waals surface area contributed by atoms with Crippen LogP contribution in [0.25, 0.3) is 0 Å². The Morgan fingerprint density at radius 3 is 2.71 bits per heavy atom. The van der Waals surface area contributed by atoms with Crippen molar-refractivity contribution in [3.63, 3.8) is 0 Å². The summed E-state index contributed by atoms with van der Waals surface area (Å²) in [4.78, 5) is 2.04. The summed E-state index contributed by atoms with van der Waals surface area (Å²) in [6.45, 7) is 5.06. The van der Waals surface area contributed by atoms with Crippen LogP contribution in [0.15, 0.2) is 23.1 Å². The van der Waals surface area contributed by atoms with Gasteiger partial charge in [-0.1, -0.05) is 6.92 Å². The van der Waals surface area contributed by atoms with E-state index < -0.39 is 10.0 Å². The van der Waals surface area contributed by atoms with Crippen LogP contribution in [0, 0.1) is 11.3 Å². The van der Waals surface area contributed by atoms with Gasteiger partial charge in [0.1, 0.15) is 6.07 Å². The highest BCUT2D eigenvalue weighted by atomic mass is 32.2. The minimum atomic E-state index is -3.70. The summed E-state index contributed by atoms with van der Waals surface area (Å²) in [6.07, 6.45) is 1.000. The molecular formula is C14H22N4O2S. The van der Waals surface area contributed by atoms with Gasteiger partial charge >= 0.3 is 0 Å². The van der Waals surface area contributed by atoms with Crippen molar-refractivity contribution in [3.8, 4) is 6.07 Å². The Bertz CT molecular complexity index is 622. The van der Waals surface area contributed by atoms with Crippen LogP contribution in [0.2, 0.25) is 0 Å². The number of anilines is 1. The lowest BCUT2D eigenvalue weighted by Gasteiger charge is -2.23. The normalized spacial score (nSPS) is 13.1. The minimum Gasteiger partial charge on any atom is -0.399 e. The molecule has 0 bridgehead atoms. The monoisotopic (exact) mass is 310 g/mol. The highest BCUT2D eigenvalue weighted by molar-refractivity contribution is 7.89. The van der Waals surface area contributed by atoms with Crippen LogP contribution in [0.5, 0.6) is 0 Å². The zero-order chi connectivity index (χ0) is 16.0. The summed E-state index contributed by atoms with van der Waals surface area (Å²) in [5, 5.41) is 9.02. The van der Waals surface area contributed by atoms with Crippen molar-refractivity contribution >= 4 is 15.7 Å². The molecule has 3 N–H and O–H groups in total. The van der Waals surface area contributed by atoms with E-state index in [1.165, 1.54) is 18.2 Å². The summed E-state index contributed by atoms with van der Waals surface area (Å²) in [5.41, 5.74) is 5.98. The molecule has 21 heavy (non-hydrogen) atoms. The van der Waals surface area contributed by atoms with Crippen molar-refractivity contribution in [2.45, 2.75) is 31.2 Å². The van der Waals surface area contributed by atoms with Gasteiger partial charge in [-0.2, -0.15) is 5.26 Å². The first-order chi connectivity index (χ1) is 9.81. The third-order valence-electron chi connectivity index (χ3n) is 3.51. The lowest BCUT2D eigenvalue weighted by Crippen LogP contribution is -2.37. The molecule has 0 fully saturated rings. The van der Waals surface area contributed by atoms with Gasteiger partial charge in [-0.15, -0.1) is 0 Å². The third-order valence-corrected chi connectivity index (χ3v) is 5.03. The highest BCUT2D eigenvalue weighted by Gasteiger charge is 2.18. The predicted molar refractivity (Wildman–Crippen MR) is 83.1 cm³/mol. The molecule has 0 aliphatic heterocycles. The number of rotatable bonds is 7. The van der Waals surface area contributed by atoms with Gasteiger partial charge in [0.05, 0.1) is 10.5 Å². The Kier molecular flexibility index (Phi) is 6.15. The smallest absolute Gasteiger partial charge is 0.241 e. The molecule has 0 aromatic heterocycles. The van der Waals surface area contributed by atoms with E-state index in [-0.39, 0.29) is 10.5 Å². The number of nitrogens with zero attached hydrogens (tertiary/aromatic N) is 2. The van der Waals surface area contributed by atoms with Crippen molar-refractivity contribution in [2.75, 3.05) is 25.9 Å². The number of sulfonamides is 1. The van der Waals surface area contributed by atoms with Crippen molar-refractivity contribution in [1.29, 1.82) is 5.26 Å². The van der Waals surface area contributed by atoms with Crippen molar-refractivity contribution in [2.24, 2.45) is 0 Å². The van der Waals surface area contributed by atoms with Gasteiger partial charge in [0.2, 0.25) is 10.0 Å². The van der Waals surface area contributed by atoms with E-state index in [1.807, 2.05) is 13.1 Å². The van der Waals surface area contributed by atoms with E-state index >= 15 is 0 Å². The summed E-state index contributed by atoms with van der Waals surface area (Å²) >= 11 is 0. The molecule has 1 aromatic rings. The molecule has 1 atom stereocenters. The first kappa shape index (κ1) is 17.4. The summed E-state index contributed by atoms with van der Waals surface area (Å²) < 4.78 is 27.0. The maximum Gasteiger partial charge on any atom is 0.241 e. The van der Waals surface area contributed by atoms with E-state index in [0.29, 0.717) is 24.8 Å². The van der Waals surface area contributed by atoms with E-state index in [0.717, 1.165) is 6.42 Å². The molecule has 0 saturated carbocycles. The second-order valence-corrected chi connectivity index (χ2v) is 6.74. The van der Waals surface area contributed by atoms with Gasteiger partial charge in [0, 0.05) is 24.8 Å². The molecular weight excluding hydrogens is 288 g/mol. The Morgan fingerprint density at radius 2 is 2.14 bits per heavy atom. The maximum absolute atomic E-state index is 12.2. The van der Waals surface area contributed by atoms with Gasteiger partial charge in [-0.3, -0.25) is 0 Å². The van der Waals surface area contributed by atoms with Gasteiger partial charge in [0.15, 0.2) is 0 Å². The Hall–Kier alpha value is -1.62. The zero-order valence-electron chi connectivity index (χ0n) is 12.6. The molecule has 6 nitrogen and oxygen atoms in total. The van der Waals surface area contributed by atoms with Crippen molar-refractivity contribution in [3.05, 3.63) is 23.8 Å². The second-order valence-electron chi connectivity index (χ2n) is 5.00. The lowest BCUT2D eigenvalue weighted by molar-refractivity contribution is 0.256. The van der Waals surface area contributed by atoms with Gasteiger partial charge in [-0.05, 0) is 38.6 Å². The highest BCUT2D eigenvalue weighted by Crippen LogP contribution is 2.17. The van der Waals surface area contributed by atoms with Crippen LogP contribution in [-0.4, -0.2) is 39.5 Å². The average Bonchev–Trinajstić information content (AvgIpc) is 2.45. The maximum atomic E-state index is 12.2. The number of nitriles is 1. The number of nitrogen functional groups attached to an aromatic ring is 1. The third kappa shape index (κ3) is 4.70. The van der Waals surface area contributed by atoms with E-state index in [1.54, 1.807) is 0 Å². The van der Waals surface area contributed by atoms with Crippen molar-refractivity contribution in [1.82, 2.24) is 9.62 Å². The fourth-order valence-corrected chi connectivity index (χ4v) is 2.99. The van der Waals surface area contributed by atoms with E-state index in [4.69, 9.17) is 11.0 Å². The first-order valence-corrected chi connectivity index (χ1v) is 8.29. The molecule has 0 amide bonds. The Balaban J connectivity index is 2.77. The second kappa shape index (κ2) is 7.41. The number of nitrogens with one attached hydrogen (secondary N) is 1. The predicted octanol–water partition coefficient (Wildman–Crippen LogP) is 1.15. The molecule has 1 aromatic carbocycles. The van der Waals surface area contributed by atoms with Crippen LogP contribution in [0.3, 0.4) is 0 Å². The van der Waals surface area contributed by atoms with Crippen LogP contribution in [0.4, 0.5) is 5.69 Å². The lowest BCUT2D eigenvalue weighted by atomic mass is 10.2. The number of hydrogen-bond donors (Lipinski definition) is 2. The summed E-state index contributed by atoms with van der Waals surface area (Å²) in [6, 6.07) is 6.44. The summed E-state index contributed by atoms with van der Waals surface area (Å²) in [5.74, 6) is 0. The van der Waals surface area contributed by atoms with Crippen LogP contribution in [-0.2, 0) is 10.0 Å². The fraction of sp³-hybridized carbons (Fsp3) is 0.500. The molecule has 1 rings (SSSR count). The SMILES string of the molecule is CCC(C)N(C)CCNS(=O)(=O)c1ccc(N)cc1C#N. The topological polar surface area (TPSA) is 99.2 Å². The van der Waals surface area contributed by atoms with E-state index in [9.17, 15) is 8.42 Å². The number of nitrogens with two attached hydrogens (primary N) is 1. The first-order valence-electron chi connectivity index (χ1n) is 6.81. The number of benzene rings is 1. The minimum absolute atomic E-state index is 0.0367. The fourth-order valence-electron chi connectivity index (χ4n) is 1.84. The largest absolute Gasteiger partial charge is 0.399 e. The molecule has 7 heteroatoms. The van der Waals surface area contributed by atoms with E-state index in [2.05, 4.69) is 23.5 Å². The Labute approximate surface area is 126 Å². The molecule has 0 heterocycles. The van der Waals surface area contributed by atoms with Crippen molar-refractivity contribution < 1.29 is 8.42 Å². The molecule has 116 valence electrons. The van der Waals surface area contributed by atoms with Gasteiger partial charge < -0.3 is 10.6 Å². The van der Waals surface area contributed by atoms with Crippen LogP contribution < -0.4 is 10.5 Å². The summed E-state index contributed by atoms with van der Waals surface area (Å²) in [7, 11) is -1.75. The average molecular weight is 310 g/mol. The molecule has 0 radical (unpaired) electrons. The molecule has 0 saturated heterocycles. The molecule has 0 spiro atoms. The van der Waals surface area contributed by atoms with Crippen LogP contribution in [0.1, 0.15) is 25.8 Å². The van der Waals surface area contributed by atoms with Gasteiger partial charge in [-0.25, -0.2) is 13.1 Å². The van der Waals surface area contributed by atoms with Crippen LogP contribution >= 0.6 is 0 Å².